The Kier molecular flexibility index (Phi) is 4.01. The van der Waals surface area contributed by atoms with E-state index in [4.69, 9.17) is 22.6 Å². The van der Waals surface area contributed by atoms with Crippen molar-refractivity contribution in [3.8, 4) is 17.9 Å². The Bertz CT molecular complexity index is 421. The van der Waals surface area contributed by atoms with Crippen LogP contribution in [-0.4, -0.2) is 6.54 Å². The molecule has 0 aliphatic rings. The molecule has 0 atom stereocenters. The summed E-state index contributed by atoms with van der Waals surface area (Å²) in [5.74, 6) is 5.74. The van der Waals surface area contributed by atoms with Crippen molar-refractivity contribution in [3.05, 3.63) is 34.3 Å². The third kappa shape index (κ3) is 2.78. The van der Waals surface area contributed by atoms with E-state index < -0.39 is 0 Å². The predicted molar refractivity (Wildman–Crippen MR) is 56.7 cm³/mol. The number of nitrogens with two attached hydrogens (primary N) is 1. The highest BCUT2D eigenvalue weighted by atomic mass is 35.5. The first kappa shape index (κ1) is 10.6. The quantitative estimate of drug-likeness (QED) is 0.711. The van der Waals surface area contributed by atoms with E-state index in [1.54, 1.807) is 18.2 Å². The van der Waals surface area contributed by atoms with Crippen LogP contribution in [0.5, 0.6) is 0 Å². The second kappa shape index (κ2) is 5.29. The van der Waals surface area contributed by atoms with Crippen LogP contribution in [0.1, 0.15) is 17.5 Å². The minimum absolute atomic E-state index is 0.523. The molecule has 2 N–H and O–H groups in total. The van der Waals surface area contributed by atoms with Crippen molar-refractivity contribution < 1.29 is 0 Å². The van der Waals surface area contributed by atoms with Gasteiger partial charge in [0.2, 0.25) is 0 Å². The van der Waals surface area contributed by atoms with E-state index in [1.807, 2.05) is 0 Å². The number of rotatable bonds is 1. The van der Waals surface area contributed by atoms with E-state index in [9.17, 15) is 0 Å². The van der Waals surface area contributed by atoms with Crippen molar-refractivity contribution in [2.45, 2.75) is 6.42 Å². The van der Waals surface area contributed by atoms with Gasteiger partial charge in [0.25, 0.3) is 0 Å². The standard InChI is InChI=1S/C11H9ClN2/c12-11-5-4-10(8-14)9(7-11)3-1-2-6-13/h4-5,7H,2,6,13H2. The minimum Gasteiger partial charge on any atom is -0.330 e. The molecule has 0 bridgehead atoms. The van der Waals surface area contributed by atoms with Crippen molar-refractivity contribution in [1.29, 1.82) is 5.26 Å². The molecule has 0 saturated heterocycles. The Morgan fingerprint density at radius 2 is 2.14 bits per heavy atom. The highest BCUT2D eigenvalue weighted by molar-refractivity contribution is 6.30. The van der Waals surface area contributed by atoms with Gasteiger partial charge in [0.15, 0.2) is 0 Å². The van der Waals surface area contributed by atoms with E-state index in [1.165, 1.54) is 0 Å². The maximum Gasteiger partial charge on any atom is 0.100 e. The Morgan fingerprint density at radius 1 is 1.36 bits per heavy atom. The van der Waals surface area contributed by atoms with Crippen molar-refractivity contribution in [2.75, 3.05) is 6.54 Å². The number of nitrogens with zero attached hydrogens (tertiary/aromatic N) is 1. The van der Waals surface area contributed by atoms with Crippen LogP contribution in [0.2, 0.25) is 5.02 Å². The smallest absolute Gasteiger partial charge is 0.100 e. The zero-order valence-corrected chi connectivity index (χ0v) is 8.30. The number of nitriles is 1. The molecule has 0 aromatic heterocycles. The molecule has 2 nitrogen and oxygen atoms in total. The van der Waals surface area contributed by atoms with Crippen LogP contribution in [0.25, 0.3) is 0 Å². The summed E-state index contributed by atoms with van der Waals surface area (Å²) >= 11 is 5.78. The summed E-state index contributed by atoms with van der Waals surface area (Å²) in [6, 6.07) is 7.08. The first-order chi connectivity index (χ1) is 6.77. The van der Waals surface area contributed by atoms with Gasteiger partial charge in [-0.15, -0.1) is 0 Å². The van der Waals surface area contributed by atoms with E-state index in [-0.39, 0.29) is 0 Å². The largest absolute Gasteiger partial charge is 0.330 e. The van der Waals surface area contributed by atoms with Gasteiger partial charge in [0.1, 0.15) is 6.07 Å². The van der Waals surface area contributed by atoms with Gasteiger partial charge < -0.3 is 5.73 Å². The molecule has 0 aliphatic heterocycles. The molecule has 0 spiro atoms. The lowest BCUT2D eigenvalue weighted by Gasteiger charge is -1.95. The maximum absolute atomic E-state index is 8.78. The van der Waals surface area contributed by atoms with Crippen molar-refractivity contribution in [3.63, 3.8) is 0 Å². The monoisotopic (exact) mass is 204 g/mol. The second-order valence-corrected chi connectivity index (χ2v) is 3.08. The van der Waals surface area contributed by atoms with Crippen LogP contribution in [0.3, 0.4) is 0 Å². The molecule has 0 heterocycles. The summed E-state index contributed by atoms with van der Waals surface area (Å²) in [5.41, 5.74) is 6.50. The zero-order chi connectivity index (χ0) is 10.4. The highest BCUT2D eigenvalue weighted by Crippen LogP contribution is 2.14. The lowest BCUT2D eigenvalue weighted by Crippen LogP contribution is -1.95. The van der Waals surface area contributed by atoms with Gasteiger partial charge in [0.05, 0.1) is 5.56 Å². The minimum atomic E-state index is 0.523. The Hall–Kier alpha value is -1.48. The molecule has 0 fully saturated rings. The average molecular weight is 205 g/mol. The third-order valence-corrected chi connectivity index (χ3v) is 1.83. The Balaban J connectivity index is 3.02. The third-order valence-electron chi connectivity index (χ3n) is 1.59. The molecular weight excluding hydrogens is 196 g/mol. The van der Waals surface area contributed by atoms with Crippen molar-refractivity contribution in [1.82, 2.24) is 0 Å². The SMILES string of the molecule is N#Cc1ccc(Cl)cc1C#CCCN. The average Bonchev–Trinajstić information content (AvgIpc) is 2.19. The van der Waals surface area contributed by atoms with Gasteiger partial charge in [-0.05, 0) is 18.2 Å². The highest BCUT2D eigenvalue weighted by Gasteiger charge is 1.98. The molecule has 0 aliphatic carbocycles. The molecule has 0 saturated carbocycles. The van der Waals surface area contributed by atoms with Gasteiger partial charge in [-0.25, -0.2) is 0 Å². The second-order valence-electron chi connectivity index (χ2n) is 2.64. The molecule has 1 aromatic rings. The first-order valence-electron chi connectivity index (χ1n) is 4.16. The van der Waals surface area contributed by atoms with Crippen LogP contribution in [0.15, 0.2) is 18.2 Å². The molecule has 0 unspecified atom stereocenters. The summed E-state index contributed by atoms with van der Waals surface area (Å²) in [7, 11) is 0. The van der Waals surface area contributed by atoms with Crippen molar-refractivity contribution in [2.24, 2.45) is 5.73 Å². The summed E-state index contributed by atoms with van der Waals surface area (Å²) in [5, 5.41) is 9.36. The van der Waals surface area contributed by atoms with E-state index in [0.717, 1.165) is 0 Å². The van der Waals surface area contributed by atoms with E-state index in [2.05, 4.69) is 17.9 Å². The Morgan fingerprint density at radius 3 is 2.79 bits per heavy atom. The van der Waals surface area contributed by atoms with Crippen LogP contribution >= 0.6 is 11.6 Å². The van der Waals surface area contributed by atoms with Crippen molar-refractivity contribution >= 4 is 11.6 Å². The van der Waals surface area contributed by atoms with Gasteiger partial charge in [-0.3, -0.25) is 0 Å². The molecule has 14 heavy (non-hydrogen) atoms. The van der Waals surface area contributed by atoms with Crippen LogP contribution in [0, 0.1) is 23.2 Å². The molecule has 70 valence electrons. The van der Waals surface area contributed by atoms with Gasteiger partial charge >= 0.3 is 0 Å². The molecule has 0 radical (unpaired) electrons. The fraction of sp³-hybridized carbons (Fsp3) is 0.182. The predicted octanol–water partition coefficient (Wildman–Crippen LogP) is 1.91. The number of benzene rings is 1. The van der Waals surface area contributed by atoms with Gasteiger partial charge in [-0.2, -0.15) is 5.26 Å². The normalized spacial score (nSPS) is 8.64. The van der Waals surface area contributed by atoms with E-state index >= 15 is 0 Å². The number of hydrogen-bond acceptors (Lipinski definition) is 2. The molecule has 0 amide bonds. The first-order valence-corrected chi connectivity index (χ1v) is 4.54. The summed E-state index contributed by atoms with van der Waals surface area (Å²) in [6.45, 7) is 0.523. The summed E-state index contributed by atoms with van der Waals surface area (Å²) in [4.78, 5) is 0. The molecule has 1 aromatic carbocycles. The fourth-order valence-corrected chi connectivity index (χ4v) is 1.12. The van der Waals surface area contributed by atoms with Crippen LogP contribution in [-0.2, 0) is 0 Å². The zero-order valence-electron chi connectivity index (χ0n) is 7.55. The topological polar surface area (TPSA) is 49.8 Å². The fourth-order valence-electron chi connectivity index (χ4n) is 0.947. The summed E-state index contributed by atoms with van der Waals surface area (Å²) < 4.78 is 0. The van der Waals surface area contributed by atoms with E-state index in [0.29, 0.717) is 29.1 Å². The van der Waals surface area contributed by atoms with Gasteiger partial charge in [0, 0.05) is 23.6 Å². The van der Waals surface area contributed by atoms with Crippen LogP contribution < -0.4 is 5.73 Å². The van der Waals surface area contributed by atoms with Crippen LogP contribution in [0.4, 0.5) is 0 Å². The molecular formula is C11H9ClN2. The maximum atomic E-state index is 8.78. The Labute approximate surface area is 88.3 Å². The summed E-state index contributed by atoms with van der Waals surface area (Å²) in [6.07, 6.45) is 0.622. The lowest BCUT2D eigenvalue weighted by molar-refractivity contribution is 1.03. The van der Waals surface area contributed by atoms with Gasteiger partial charge in [-0.1, -0.05) is 23.4 Å². The molecule has 1 rings (SSSR count). The molecule has 3 heteroatoms. The number of hydrogen-bond donors (Lipinski definition) is 1. The lowest BCUT2D eigenvalue weighted by atomic mass is 10.1. The number of halogens is 1.